The minimum Gasteiger partial charge on any atom is -0.374 e. The average molecular weight is 479 g/mol. The molecule has 0 spiro atoms. The van der Waals surface area contributed by atoms with Gasteiger partial charge in [0.05, 0.1) is 42.5 Å². The predicted octanol–water partition coefficient (Wildman–Crippen LogP) is 2.89. The van der Waals surface area contributed by atoms with Crippen LogP contribution < -0.4 is 10.2 Å². The highest BCUT2D eigenvalue weighted by molar-refractivity contribution is 6.08. The number of morpholine rings is 1. The third-order valence-corrected chi connectivity index (χ3v) is 6.29. The third-order valence-electron chi connectivity index (χ3n) is 6.29. The molecule has 2 saturated heterocycles. The van der Waals surface area contributed by atoms with E-state index in [1.54, 1.807) is 30.5 Å². The van der Waals surface area contributed by atoms with Crippen molar-refractivity contribution in [2.45, 2.75) is 25.0 Å². The number of ether oxygens (including phenoxy) is 1. The van der Waals surface area contributed by atoms with Crippen molar-refractivity contribution < 1.29 is 23.1 Å². The number of nitrogens with zero attached hydrogens (tertiary/aromatic N) is 6. The molecule has 1 unspecified atom stereocenters. The van der Waals surface area contributed by atoms with Gasteiger partial charge in [-0.3, -0.25) is 9.59 Å². The van der Waals surface area contributed by atoms with E-state index in [2.05, 4.69) is 25.4 Å². The number of rotatable bonds is 6. The standard InChI is InChI=1S/C23H19F2N7O3/c24-21(25)20-18(10-32(29-20)14-3-1-13(11-33)2-4-14)27-23(34)17-8-26-31-6-5-19(28-22(17)31)30-9-16-7-15(30)12-35-16/h1-6,8,10-11,15-16,21H,7,9,12H2,(H,27,34)/t15?,16-/m1/s1. The fourth-order valence-electron chi connectivity index (χ4n) is 4.53. The molecule has 0 aliphatic carbocycles. The summed E-state index contributed by atoms with van der Waals surface area (Å²) in [4.78, 5) is 30.8. The number of aldehydes is 1. The van der Waals surface area contributed by atoms with Crippen LogP contribution in [0.25, 0.3) is 11.3 Å². The first-order chi connectivity index (χ1) is 17.0. The molecule has 1 N–H and O–H groups in total. The molecule has 35 heavy (non-hydrogen) atoms. The Kier molecular flexibility index (Phi) is 5.02. The van der Waals surface area contributed by atoms with Crippen LogP contribution in [0.4, 0.5) is 20.3 Å². The second kappa shape index (κ2) is 8.24. The number of hydrogen-bond acceptors (Lipinski definition) is 7. The number of alkyl halides is 2. The Morgan fingerprint density at radius 3 is 2.74 bits per heavy atom. The Hall–Kier alpha value is -4.19. The maximum absolute atomic E-state index is 13.7. The SMILES string of the molecule is O=Cc1ccc(-n2cc(NC(=O)c3cnn4ccc(N5C[C@H]6CC5CO6)nc34)c(C(F)F)n2)cc1. The highest BCUT2D eigenvalue weighted by atomic mass is 19.3. The van der Waals surface area contributed by atoms with Crippen molar-refractivity contribution in [3.8, 4) is 5.69 Å². The van der Waals surface area contributed by atoms with Gasteiger partial charge in [0.25, 0.3) is 12.3 Å². The van der Waals surface area contributed by atoms with Gasteiger partial charge in [0.15, 0.2) is 11.3 Å². The number of carbonyl (C=O) groups is 2. The van der Waals surface area contributed by atoms with Gasteiger partial charge in [-0.25, -0.2) is 23.0 Å². The molecule has 1 aromatic carbocycles. The summed E-state index contributed by atoms with van der Waals surface area (Å²) < 4.78 is 35.7. The largest absolute Gasteiger partial charge is 0.374 e. The normalized spacial score (nSPS) is 19.1. The lowest BCUT2D eigenvalue weighted by atomic mass is 10.2. The summed E-state index contributed by atoms with van der Waals surface area (Å²) in [7, 11) is 0. The van der Waals surface area contributed by atoms with E-state index in [0.29, 0.717) is 35.6 Å². The molecule has 6 rings (SSSR count). The van der Waals surface area contributed by atoms with E-state index in [4.69, 9.17) is 4.74 Å². The number of benzene rings is 1. The summed E-state index contributed by atoms with van der Waals surface area (Å²) in [6, 6.07) is 8.32. The summed E-state index contributed by atoms with van der Waals surface area (Å²) in [6.07, 6.45) is 3.27. The highest BCUT2D eigenvalue weighted by Gasteiger charge is 2.39. The maximum atomic E-state index is 13.7. The van der Waals surface area contributed by atoms with E-state index < -0.39 is 18.0 Å². The average Bonchev–Trinajstić information content (AvgIpc) is 3.66. The van der Waals surface area contributed by atoms with Gasteiger partial charge < -0.3 is 15.0 Å². The van der Waals surface area contributed by atoms with Crippen molar-refractivity contribution in [2.24, 2.45) is 0 Å². The highest BCUT2D eigenvalue weighted by Crippen LogP contribution is 2.32. The smallest absolute Gasteiger partial charge is 0.284 e. The van der Waals surface area contributed by atoms with Crippen molar-refractivity contribution in [1.82, 2.24) is 24.4 Å². The van der Waals surface area contributed by atoms with Gasteiger partial charge in [-0.1, -0.05) is 0 Å². The molecule has 0 radical (unpaired) electrons. The number of aromatic nitrogens is 5. The van der Waals surface area contributed by atoms with Crippen molar-refractivity contribution >= 4 is 29.3 Å². The molecule has 10 nitrogen and oxygen atoms in total. The molecule has 178 valence electrons. The van der Waals surface area contributed by atoms with Crippen LogP contribution in [-0.4, -0.2) is 61.9 Å². The lowest BCUT2D eigenvalue weighted by molar-refractivity contribution is 0.0988. The number of nitrogens with one attached hydrogen (secondary N) is 1. The van der Waals surface area contributed by atoms with Gasteiger partial charge in [-0.05, 0) is 36.8 Å². The number of anilines is 2. The van der Waals surface area contributed by atoms with Crippen LogP contribution in [0.2, 0.25) is 0 Å². The third kappa shape index (κ3) is 3.71. The van der Waals surface area contributed by atoms with Crippen LogP contribution in [0.1, 0.15) is 39.3 Å². The molecule has 1 amide bonds. The molecule has 2 bridgehead atoms. The number of hydrogen-bond donors (Lipinski definition) is 1. The first kappa shape index (κ1) is 21.4. The van der Waals surface area contributed by atoms with Crippen LogP contribution in [0.3, 0.4) is 0 Å². The minimum absolute atomic E-state index is 0.131. The fraction of sp³-hybridized carbons (Fsp3) is 0.261. The fourth-order valence-corrected chi connectivity index (χ4v) is 4.53. The second-order valence-corrected chi connectivity index (χ2v) is 8.45. The zero-order chi connectivity index (χ0) is 24.1. The molecule has 2 aliphatic heterocycles. The first-order valence-corrected chi connectivity index (χ1v) is 11.0. The van der Waals surface area contributed by atoms with Crippen LogP contribution in [-0.2, 0) is 4.74 Å². The monoisotopic (exact) mass is 479 g/mol. The van der Waals surface area contributed by atoms with Gasteiger partial charge in [-0.15, -0.1) is 0 Å². The van der Waals surface area contributed by atoms with E-state index in [-0.39, 0.29) is 23.4 Å². The molecular weight excluding hydrogens is 460 g/mol. The van der Waals surface area contributed by atoms with Crippen molar-refractivity contribution in [3.05, 3.63) is 65.7 Å². The van der Waals surface area contributed by atoms with Gasteiger partial charge in [-0.2, -0.15) is 10.2 Å². The summed E-state index contributed by atoms with van der Waals surface area (Å²) >= 11 is 0. The summed E-state index contributed by atoms with van der Waals surface area (Å²) in [5.41, 5.74) is 0.668. The summed E-state index contributed by atoms with van der Waals surface area (Å²) in [5.74, 6) is 0.0800. The predicted molar refractivity (Wildman–Crippen MR) is 120 cm³/mol. The minimum atomic E-state index is -2.91. The number of fused-ring (bicyclic) bond motifs is 3. The Balaban J connectivity index is 1.30. The summed E-state index contributed by atoms with van der Waals surface area (Å²) in [6.45, 7) is 1.37. The number of carbonyl (C=O) groups excluding carboxylic acids is 2. The zero-order valence-electron chi connectivity index (χ0n) is 18.2. The van der Waals surface area contributed by atoms with E-state index in [1.807, 2.05) is 6.07 Å². The number of halogens is 2. The molecule has 2 atom stereocenters. The summed E-state index contributed by atoms with van der Waals surface area (Å²) in [5, 5.41) is 10.6. The first-order valence-electron chi connectivity index (χ1n) is 11.0. The van der Waals surface area contributed by atoms with Gasteiger partial charge >= 0.3 is 0 Å². The lowest BCUT2D eigenvalue weighted by Gasteiger charge is -2.27. The van der Waals surface area contributed by atoms with Crippen molar-refractivity contribution in [3.63, 3.8) is 0 Å². The van der Waals surface area contributed by atoms with Gasteiger partial charge in [0.1, 0.15) is 17.7 Å². The molecule has 12 heteroatoms. The van der Waals surface area contributed by atoms with E-state index in [0.717, 1.165) is 13.0 Å². The van der Waals surface area contributed by atoms with E-state index in [1.165, 1.54) is 21.6 Å². The second-order valence-electron chi connectivity index (χ2n) is 8.45. The van der Waals surface area contributed by atoms with Crippen LogP contribution >= 0.6 is 0 Å². The molecule has 2 aliphatic rings. The Morgan fingerprint density at radius 1 is 1.23 bits per heavy atom. The molecule has 0 saturated carbocycles. The Labute approximate surface area is 197 Å². The van der Waals surface area contributed by atoms with Crippen LogP contribution in [0.15, 0.2) is 48.9 Å². The maximum Gasteiger partial charge on any atom is 0.284 e. The lowest BCUT2D eigenvalue weighted by Crippen LogP contribution is -2.37. The molecule has 2 fully saturated rings. The van der Waals surface area contributed by atoms with Gasteiger partial charge in [0, 0.05) is 18.3 Å². The molecular formula is C23H19F2N7O3. The molecule has 3 aromatic heterocycles. The van der Waals surface area contributed by atoms with Crippen molar-refractivity contribution in [1.29, 1.82) is 0 Å². The quantitative estimate of drug-likeness (QED) is 0.424. The van der Waals surface area contributed by atoms with E-state index >= 15 is 0 Å². The zero-order valence-corrected chi connectivity index (χ0v) is 18.2. The Morgan fingerprint density at radius 2 is 2.06 bits per heavy atom. The van der Waals surface area contributed by atoms with Crippen LogP contribution in [0, 0.1) is 0 Å². The molecule has 4 aromatic rings. The van der Waals surface area contributed by atoms with Crippen molar-refractivity contribution in [2.75, 3.05) is 23.4 Å². The topological polar surface area (TPSA) is 107 Å². The van der Waals surface area contributed by atoms with Crippen LogP contribution in [0.5, 0.6) is 0 Å². The van der Waals surface area contributed by atoms with Gasteiger partial charge in [0.2, 0.25) is 0 Å². The van der Waals surface area contributed by atoms with E-state index in [9.17, 15) is 18.4 Å². The number of amides is 1. The Bertz CT molecular complexity index is 1430. The molecule has 5 heterocycles.